The van der Waals surface area contributed by atoms with E-state index < -0.39 is 0 Å². The fourth-order valence-corrected chi connectivity index (χ4v) is 4.97. The van der Waals surface area contributed by atoms with Crippen molar-refractivity contribution in [2.24, 2.45) is 5.92 Å². The van der Waals surface area contributed by atoms with Gasteiger partial charge >= 0.3 is 0 Å². The number of hydrogen-bond acceptors (Lipinski definition) is 6. The lowest BCUT2D eigenvalue weighted by Gasteiger charge is -2.33. The molecule has 2 N–H and O–H groups in total. The maximum atomic E-state index is 13.3. The number of nitrogens with one attached hydrogen (secondary N) is 2. The molecule has 1 aromatic carbocycles. The molecule has 5 rings (SSSR count). The van der Waals surface area contributed by atoms with E-state index in [9.17, 15) is 4.79 Å². The Morgan fingerprint density at radius 3 is 2.80 bits per heavy atom. The van der Waals surface area contributed by atoms with Gasteiger partial charge in [-0.3, -0.25) is 9.89 Å². The molecule has 4 heterocycles. The molecule has 3 aromatic heterocycles. The molecule has 1 atom stereocenters. The second-order valence-corrected chi connectivity index (χ2v) is 9.36. The molecule has 182 valence electrons. The summed E-state index contributed by atoms with van der Waals surface area (Å²) in [5, 5.41) is 10.4. The van der Waals surface area contributed by atoms with Crippen LogP contribution in [0.3, 0.4) is 0 Å². The summed E-state index contributed by atoms with van der Waals surface area (Å²) in [5.41, 5.74) is 3.94. The fourth-order valence-electron chi connectivity index (χ4n) is 4.97. The van der Waals surface area contributed by atoms with Crippen LogP contribution in [0.4, 0.5) is 11.6 Å². The van der Waals surface area contributed by atoms with E-state index in [0.29, 0.717) is 12.5 Å². The van der Waals surface area contributed by atoms with Crippen molar-refractivity contribution in [1.82, 2.24) is 34.6 Å². The van der Waals surface area contributed by atoms with Crippen LogP contribution in [-0.2, 0) is 24.2 Å². The third-order valence-corrected chi connectivity index (χ3v) is 6.57. The molecule has 1 fully saturated rings. The largest absolute Gasteiger partial charge is 0.341 e. The lowest BCUT2D eigenvalue weighted by Crippen LogP contribution is -2.42. The minimum absolute atomic E-state index is 0.155. The molecule has 9 nitrogen and oxygen atoms in total. The Hall–Kier alpha value is -3.75. The summed E-state index contributed by atoms with van der Waals surface area (Å²) < 4.78 is 2.07. The lowest BCUT2D eigenvalue weighted by atomic mass is 9.93. The number of anilines is 2. The summed E-state index contributed by atoms with van der Waals surface area (Å²) in [6.07, 6.45) is 3.70. The number of hydrogen-bond donors (Lipinski definition) is 2. The number of aromatic amines is 1. The number of amides is 1. The smallest absolute Gasteiger partial charge is 0.242 e. The van der Waals surface area contributed by atoms with Gasteiger partial charge in [0, 0.05) is 43.0 Å². The van der Waals surface area contributed by atoms with Crippen molar-refractivity contribution in [2.45, 2.75) is 53.0 Å². The molecule has 0 spiro atoms. The van der Waals surface area contributed by atoms with Crippen molar-refractivity contribution in [3.05, 3.63) is 59.4 Å². The molecule has 9 heteroatoms. The number of likely N-dealkylation sites (tertiary alicyclic amines) is 1. The van der Waals surface area contributed by atoms with Crippen molar-refractivity contribution >= 4 is 28.6 Å². The van der Waals surface area contributed by atoms with Crippen LogP contribution in [0.15, 0.2) is 36.4 Å². The number of piperidine rings is 1. The van der Waals surface area contributed by atoms with Crippen molar-refractivity contribution in [2.75, 3.05) is 18.4 Å². The number of H-pyrrole nitrogens is 1. The molecule has 1 aliphatic rings. The Balaban J connectivity index is 1.26. The van der Waals surface area contributed by atoms with Crippen LogP contribution < -0.4 is 5.32 Å². The second kappa shape index (κ2) is 9.85. The van der Waals surface area contributed by atoms with Crippen molar-refractivity contribution in [1.29, 1.82) is 0 Å². The first kappa shape index (κ1) is 23.0. The zero-order valence-corrected chi connectivity index (χ0v) is 20.6. The van der Waals surface area contributed by atoms with Crippen LogP contribution in [0.25, 0.3) is 11.0 Å². The first-order valence-corrected chi connectivity index (χ1v) is 12.3. The zero-order valence-electron chi connectivity index (χ0n) is 20.6. The highest BCUT2D eigenvalue weighted by molar-refractivity contribution is 5.81. The van der Waals surface area contributed by atoms with Crippen molar-refractivity contribution in [3.8, 4) is 0 Å². The normalized spacial score (nSPS) is 16.1. The molecule has 35 heavy (non-hydrogen) atoms. The minimum atomic E-state index is 0.155. The number of benzene rings is 1. The quantitative estimate of drug-likeness (QED) is 0.422. The monoisotopic (exact) mass is 472 g/mol. The molecule has 1 saturated heterocycles. The number of aryl methyl sites for hydroxylation is 3. The van der Waals surface area contributed by atoms with Gasteiger partial charge in [-0.05, 0) is 51.2 Å². The first-order chi connectivity index (χ1) is 17.0. The van der Waals surface area contributed by atoms with E-state index in [2.05, 4.69) is 37.0 Å². The van der Waals surface area contributed by atoms with Crippen LogP contribution in [0.1, 0.15) is 42.8 Å². The number of carbonyl (C=O) groups is 1. The number of imidazole rings is 1. The van der Waals surface area contributed by atoms with E-state index in [1.54, 1.807) is 0 Å². The molecule has 4 aromatic rings. The van der Waals surface area contributed by atoms with Gasteiger partial charge in [0.2, 0.25) is 5.91 Å². The van der Waals surface area contributed by atoms with E-state index in [0.717, 1.165) is 84.5 Å². The highest BCUT2D eigenvalue weighted by Crippen LogP contribution is 2.23. The zero-order chi connectivity index (χ0) is 24.4. The molecule has 1 aliphatic heterocycles. The summed E-state index contributed by atoms with van der Waals surface area (Å²) >= 11 is 0. The Kier molecular flexibility index (Phi) is 6.48. The predicted octanol–water partition coefficient (Wildman–Crippen LogP) is 3.95. The fraction of sp³-hybridized carbons (Fsp3) is 0.423. The van der Waals surface area contributed by atoms with E-state index in [1.165, 1.54) is 0 Å². The number of rotatable bonds is 7. The van der Waals surface area contributed by atoms with E-state index in [4.69, 9.17) is 4.98 Å². The van der Waals surface area contributed by atoms with Gasteiger partial charge < -0.3 is 14.8 Å². The van der Waals surface area contributed by atoms with Gasteiger partial charge in [-0.1, -0.05) is 19.1 Å². The van der Waals surface area contributed by atoms with Crippen molar-refractivity contribution < 1.29 is 4.79 Å². The van der Waals surface area contributed by atoms with Gasteiger partial charge in [-0.2, -0.15) is 5.10 Å². The second-order valence-electron chi connectivity index (χ2n) is 9.36. The maximum Gasteiger partial charge on any atom is 0.242 e. The Morgan fingerprint density at radius 2 is 2.00 bits per heavy atom. The first-order valence-electron chi connectivity index (χ1n) is 12.3. The molecular weight excluding hydrogens is 440 g/mol. The Bertz CT molecular complexity index is 1340. The highest BCUT2D eigenvalue weighted by Gasteiger charge is 2.25. The maximum absolute atomic E-state index is 13.3. The van der Waals surface area contributed by atoms with Crippen LogP contribution in [0, 0.1) is 19.8 Å². The number of nitrogens with zero attached hydrogens (tertiary/aromatic N) is 6. The molecule has 0 aliphatic carbocycles. The molecule has 0 saturated carbocycles. The number of carbonyl (C=O) groups excluding carboxylic acids is 1. The van der Waals surface area contributed by atoms with Gasteiger partial charge in [0.25, 0.3) is 0 Å². The third kappa shape index (κ3) is 5.18. The summed E-state index contributed by atoms with van der Waals surface area (Å²) in [5.74, 6) is 3.67. The average molecular weight is 473 g/mol. The number of aromatic nitrogens is 6. The topological polar surface area (TPSA) is 105 Å². The molecule has 0 radical (unpaired) electrons. The highest BCUT2D eigenvalue weighted by atomic mass is 16.2. The van der Waals surface area contributed by atoms with E-state index in [1.807, 2.05) is 55.1 Å². The Morgan fingerprint density at radius 1 is 1.14 bits per heavy atom. The molecular formula is C26H32N8O. The van der Waals surface area contributed by atoms with Gasteiger partial charge in [-0.15, -0.1) is 0 Å². The minimum Gasteiger partial charge on any atom is -0.341 e. The van der Waals surface area contributed by atoms with E-state index in [-0.39, 0.29) is 5.91 Å². The molecule has 0 unspecified atom stereocenters. The van der Waals surface area contributed by atoms with Gasteiger partial charge in [-0.25, -0.2) is 15.0 Å². The summed E-state index contributed by atoms with van der Waals surface area (Å²) in [7, 11) is 0. The third-order valence-electron chi connectivity index (χ3n) is 6.57. The molecule has 1 amide bonds. The van der Waals surface area contributed by atoms with Gasteiger partial charge in [0.15, 0.2) is 5.82 Å². The van der Waals surface area contributed by atoms with Gasteiger partial charge in [0.1, 0.15) is 24.0 Å². The number of fused-ring (bicyclic) bond motifs is 1. The van der Waals surface area contributed by atoms with E-state index >= 15 is 0 Å². The van der Waals surface area contributed by atoms with Crippen LogP contribution in [0.5, 0.6) is 0 Å². The van der Waals surface area contributed by atoms with Gasteiger partial charge in [0.05, 0.1) is 11.0 Å². The average Bonchev–Trinajstić information content (AvgIpc) is 3.41. The number of para-hydroxylation sites is 2. The molecule has 0 bridgehead atoms. The predicted molar refractivity (Wildman–Crippen MR) is 135 cm³/mol. The summed E-state index contributed by atoms with van der Waals surface area (Å²) in [6, 6.07) is 12.0. The van der Waals surface area contributed by atoms with Crippen LogP contribution in [0.2, 0.25) is 0 Å². The summed E-state index contributed by atoms with van der Waals surface area (Å²) in [4.78, 5) is 29.2. The van der Waals surface area contributed by atoms with Crippen LogP contribution >= 0.6 is 0 Å². The summed E-state index contributed by atoms with van der Waals surface area (Å²) in [6.45, 7) is 7.83. The van der Waals surface area contributed by atoms with Crippen molar-refractivity contribution in [3.63, 3.8) is 0 Å². The SMILES string of the molecule is CCc1nc2ccccc2n1CC(=O)N1CCC[C@H](Cc2cc(Nc3cc(C)[nH]n3)nc(C)n2)C1. The standard InChI is InChI=1S/C26H32N8O/c1-4-25-29-21-9-5-6-10-22(21)34(25)16-26(35)33-11-7-8-19(15-33)13-20-14-23(28-18(3)27-20)30-24-12-17(2)31-32-24/h5-6,9-10,12,14,19H,4,7-8,11,13,15-16H2,1-3H3,(H2,27,28,30,31,32)/t19-/m1/s1. The Labute approximate surface area is 205 Å². The lowest BCUT2D eigenvalue weighted by molar-refractivity contribution is -0.133. The van der Waals surface area contributed by atoms with Crippen LogP contribution in [-0.4, -0.2) is 53.6 Å².